The van der Waals surface area contributed by atoms with E-state index in [0.29, 0.717) is 27.3 Å². The van der Waals surface area contributed by atoms with E-state index in [2.05, 4.69) is 9.97 Å². The molecule has 0 saturated carbocycles. The van der Waals surface area contributed by atoms with Crippen molar-refractivity contribution in [2.75, 3.05) is 14.2 Å². The summed E-state index contributed by atoms with van der Waals surface area (Å²) in [6.07, 6.45) is 0. The summed E-state index contributed by atoms with van der Waals surface area (Å²) in [5.41, 5.74) is 0.0551. The first-order chi connectivity index (χ1) is 11.0. The molecule has 0 spiro atoms. The van der Waals surface area contributed by atoms with Crippen LogP contribution in [0, 0.1) is 10.1 Å². The SMILES string of the molecule is COc1cc2nc(-c3ccc([N+](=O)[O-])s3)[nH]c(=O)c2cc1OC. The number of fused-ring (bicyclic) bond motifs is 1. The van der Waals surface area contributed by atoms with Gasteiger partial charge in [-0.15, -0.1) is 0 Å². The lowest BCUT2D eigenvalue weighted by Crippen LogP contribution is -2.09. The lowest BCUT2D eigenvalue weighted by atomic mass is 10.2. The fourth-order valence-electron chi connectivity index (χ4n) is 2.14. The Hall–Kier alpha value is -2.94. The Morgan fingerprint density at radius 1 is 1.22 bits per heavy atom. The molecule has 8 nitrogen and oxygen atoms in total. The zero-order valence-corrected chi connectivity index (χ0v) is 13.0. The van der Waals surface area contributed by atoms with Crippen LogP contribution in [0.3, 0.4) is 0 Å². The molecular weight excluding hydrogens is 322 g/mol. The van der Waals surface area contributed by atoms with Gasteiger partial charge in [-0.1, -0.05) is 11.3 Å². The molecular formula is C14H11N3O5S. The average Bonchev–Trinajstić information content (AvgIpc) is 3.03. The number of nitro groups is 1. The Kier molecular flexibility index (Phi) is 3.70. The molecule has 0 aliphatic carbocycles. The van der Waals surface area contributed by atoms with E-state index in [9.17, 15) is 14.9 Å². The number of ether oxygens (including phenoxy) is 2. The number of thiophene rings is 1. The molecule has 1 N–H and O–H groups in total. The summed E-state index contributed by atoms with van der Waals surface area (Å²) in [7, 11) is 2.96. The maximum Gasteiger partial charge on any atom is 0.324 e. The van der Waals surface area contributed by atoms with Crippen molar-refractivity contribution in [2.24, 2.45) is 0 Å². The molecule has 0 fully saturated rings. The average molecular weight is 333 g/mol. The monoisotopic (exact) mass is 333 g/mol. The van der Waals surface area contributed by atoms with E-state index in [-0.39, 0.29) is 16.4 Å². The van der Waals surface area contributed by atoms with Crippen LogP contribution in [-0.4, -0.2) is 29.1 Å². The van der Waals surface area contributed by atoms with Crippen LogP contribution in [0.4, 0.5) is 5.00 Å². The van der Waals surface area contributed by atoms with Gasteiger partial charge < -0.3 is 14.5 Å². The molecule has 23 heavy (non-hydrogen) atoms. The van der Waals surface area contributed by atoms with Gasteiger partial charge in [-0.2, -0.15) is 0 Å². The van der Waals surface area contributed by atoms with Gasteiger partial charge in [0.1, 0.15) is 0 Å². The molecule has 0 bridgehead atoms. The molecule has 0 unspecified atom stereocenters. The molecule has 2 aromatic heterocycles. The van der Waals surface area contributed by atoms with Gasteiger partial charge in [-0.3, -0.25) is 14.9 Å². The predicted molar refractivity (Wildman–Crippen MR) is 85.4 cm³/mol. The van der Waals surface area contributed by atoms with E-state index >= 15 is 0 Å². The minimum absolute atomic E-state index is 0.0185. The van der Waals surface area contributed by atoms with Crippen LogP contribution in [0.15, 0.2) is 29.1 Å². The lowest BCUT2D eigenvalue weighted by Gasteiger charge is -2.08. The normalized spacial score (nSPS) is 10.7. The number of rotatable bonds is 4. The Balaban J connectivity index is 2.20. The van der Waals surface area contributed by atoms with Crippen LogP contribution < -0.4 is 15.0 Å². The minimum atomic E-state index is -0.485. The number of H-pyrrole nitrogens is 1. The number of hydrogen-bond donors (Lipinski definition) is 1. The van der Waals surface area contributed by atoms with E-state index in [0.717, 1.165) is 11.3 Å². The molecule has 0 atom stereocenters. The van der Waals surface area contributed by atoms with Gasteiger partial charge in [-0.25, -0.2) is 4.98 Å². The van der Waals surface area contributed by atoms with Gasteiger partial charge in [0.2, 0.25) is 0 Å². The maximum atomic E-state index is 12.3. The van der Waals surface area contributed by atoms with Crippen LogP contribution in [0.5, 0.6) is 11.5 Å². The van der Waals surface area contributed by atoms with Crippen molar-refractivity contribution in [2.45, 2.75) is 0 Å². The van der Waals surface area contributed by atoms with E-state index in [1.165, 1.54) is 20.3 Å². The smallest absolute Gasteiger partial charge is 0.324 e. The molecule has 2 heterocycles. The minimum Gasteiger partial charge on any atom is -0.493 e. The number of nitrogens with zero attached hydrogens (tertiary/aromatic N) is 2. The molecule has 118 valence electrons. The Morgan fingerprint density at radius 3 is 2.52 bits per heavy atom. The molecule has 1 aromatic carbocycles. The quantitative estimate of drug-likeness (QED) is 0.581. The van der Waals surface area contributed by atoms with Gasteiger partial charge in [-0.05, 0) is 12.1 Å². The fourth-order valence-corrected chi connectivity index (χ4v) is 2.90. The first-order valence-corrected chi connectivity index (χ1v) is 7.25. The van der Waals surface area contributed by atoms with Crippen LogP contribution in [0.25, 0.3) is 21.6 Å². The molecule has 0 aliphatic rings. The largest absolute Gasteiger partial charge is 0.493 e. The van der Waals surface area contributed by atoms with Crippen molar-refractivity contribution in [3.05, 3.63) is 44.7 Å². The molecule has 0 saturated heterocycles. The summed E-state index contributed by atoms with van der Waals surface area (Å²) in [4.78, 5) is 30.0. The number of nitrogens with one attached hydrogen (secondary N) is 1. The fraction of sp³-hybridized carbons (Fsp3) is 0.143. The maximum absolute atomic E-state index is 12.3. The highest BCUT2D eigenvalue weighted by atomic mass is 32.1. The van der Waals surface area contributed by atoms with Gasteiger partial charge >= 0.3 is 5.00 Å². The van der Waals surface area contributed by atoms with Gasteiger partial charge in [0.15, 0.2) is 17.3 Å². The van der Waals surface area contributed by atoms with Crippen molar-refractivity contribution in [1.29, 1.82) is 0 Å². The second-order valence-electron chi connectivity index (χ2n) is 4.53. The molecule has 0 aliphatic heterocycles. The number of aromatic nitrogens is 2. The van der Waals surface area contributed by atoms with E-state index < -0.39 is 4.92 Å². The number of hydrogen-bond acceptors (Lipinski definition) is 7. The van der Waals surface area contributed by atoms with Crippen LogP contribution >= 0.6 is 11.3 Å². The summed E-state index contributed by atoms with van der Waals surface area (Å²) in [5, 5.41) is 11.1. The van der Waals surface area contributed by atoms with Crippen LogP contribution in [0.2, 0.25) is 0 Å². The van der Waals surface area contributed by atoms with E-state index in [4.69, 9.17) is 9.47 Å². The second kappa shape index (κ2) is 5.69. The van der Waals surface area contributed by atoms with Crippen molar-refractivity contribution in [3.63, 3.8) is 0 Å². The third-order valence-corrected chi connectivity index (χ3v) is 4.26. The first-order valence-electron chi connectivity index (χ1n) is 6.44. The zero-order chi connectivity index (χ0) is 16.6. The van der Waals surface area contributed by atoms with E-state index in [1.54, 1.807) is 18.2 Å². The summed E-state index contributed by atoms with van der Waals surface area (Å²) in [5.74, 6) is 1.14. The van der Waals surface area contributed by atoms with Crippen LogP contribution in [0.1, 0.15) is 0 Å². The van der Waals surface area contributed by atoms with Gasteiger partial charge in [0, 0.05) is 12.1 Å². The molecule has 0 radical (unpaired) electrons. The predicted octanol–water partition coefficient (Wildman–Crippen LogP) is 2.58. The van der Waals surface area contributed by atoms with Crippen molar-refractivity contribution in [3.8, 4) is 22.2 Å². The van der Waals surface area contributed by atoms with E-state index in [1.807, 2.05) is 0 Å². The number of aromatic amines is 1. The zero-order valence-electron chi connectivity index (χ0n) is 12.2. The summed E-state index contributed by atoms with van der Waals surface area (Å²) >= 11 is 0.941. The Labute approximate surface area is 133 Å². The second-order valence-corrected chi connectivity index (χ2v) is 5.60. The third kappa shape index (κ3) is 2.61. The number of benzene rings is 1. The van der Waals surface area contributed by atoms with Gasteiger partial charge in [0.25, 0.3) is 5.56 Å². The summed E-state index contributed by atoms with van der Waals surface area (Å²) in [6.45, 7) is 0. The van der Waals surface area contributed by atoms with Crippen LogP contribution in [-0.2, 0) is 0 Å². The lowest BCUT2D eigenvalue weighted by molar-refractivity contribution is -0.380. The molecule has 3 rings (SSSR count). The van der Waals surface area contributed by atoms with Crippen molar-refractivity contribution in [1.82, 2.24) is 9.97 Å². The molecule has 9 heteroatoms. The molecule has 0 amide bonds. The highest BCUT2D eigenvalue weighted by Crippen LogP contribution is 2.33. The summed E-state index contributed by atoms with van der Waals surface area (Å²) in [6, 6.07) is 6.06. The standard InChI is InChI=1S/C14H11N3O5S/c1-21-9-5-7-8(6-10(9)22-2)15-13(16-14(7)18)11-3-4-12(23-11)17(19)20/h3-6H,1-2H3,(H,15,16,18). The highest BCUT2D eigenvalue weighted by Gasteiger charge is 2.15. The third-order valence-electron chi connectivity index (χ3n) is 3.22. The van der Waals surface area contributed by atoms with Crippen molar-refractivity contribution < 1.29 is 14.4 Å². The first kappa shape index (κ1) is 15.0. The summed E-state index contributed by atoms with van der Waals surface area (Å²) < 4.78 is 10.4. The van der Waals surface area contributed by atoms with Gasteiger partial charge in [0.05, 0.1) is 34.9 Å². The Morgan fingerprint density at radius 2 is 1.91 bits per heavy atom. The topological polar surface area (TPSA) is 107 Å². The number of methoxy groups -OCH3 is 2. The van der Waals surface area contributed by atoms with Crippen molar-refractivity contribution >= 4 is 27.2 Å². The molecule has 3 aromatic rings. The Bertz CT molecular complexity index is 963. The highest BCUT2D eigenvalue weighted by molar-refractivity contribution is 7.18.